The average molecular weight is 313 g/mol. The molecule has 0 aliphatic rings. The van der Waals surface area contributed by atoms with Gasteiger partial charge in [0, 0.05) is 10.6 Å². The minimum Gasteiger partial charge on any atom is -0.507 e. The summed E-state index contributed by atoms with van der Waals surface area (Å²) >= 11 is 6.38. The van der Waals surface area contributed by atoms with Crippen LogP contribution in [-0.2, 0) is 6.61 Å². The van der Waals surface area contributed by atoms with Gasteiger partial charge in [-0.2, -0.15) is 0 Å². The van der Waals surface area contributed by atoms with Crippen LogP contribution in [0.4, 0.5) is 0 Å². The number of aromatic hydroxyl groups is 1. The minimum absolute atomic E-state index is 0.0927. The number of halogens is 1. The van der Waals surface area contributed by atoms with Crippen LogP contribution in [0.3, 0.4) is 0 Å². The van der Waals surface area contributed by atoms with Gasteiger partial charge in [0.15, 0.2) is 0 Å². The molecule has 2 nitrogen and oxygen atoms in total. The van der Waals surface area contributed by atoms with Crippen molar-refractivity contribution in [1.82, 2.24) is 0 Å². The van der Waals surface area contributed by atoms with E-state index < -0.39 is 0 Å². The smallest absolute Gasteiger partial charge is 0.124 e. The van der Waals surface area contributed by atoms with Gasteiger partial charge in [-0.25, -0.2) is 0 Å². The Balaban J connectivity index is 2.47. The van der Waals surface area contributed by atoms with E-state index >= 15 is 0 Å². The van der Waals surface area contributed by atoms with Crippen LogP contribution < -0.4 is 0 Å². The summed E-state index contributed by atoms with van der Waals surface area (Å²) in [6.45, 7) is 3.67. The predicted octanol–water partition coefficient (Wildman–Crippen LogP) is 4.97. The molecule has 0 unspecified atom stereocenters. The van der Waals surface area contributed by atoms with Gasteiger partial charge in [-0.3, -0.25) is 0 Å². The van der Waals surface area contributed by atoms with Crippen molar-refractivity contribution in [2.45, 2.75) is 20.5 Å². The molecule has 0 aromatic heterocycles. The number of aryl methyl sites for hydroxylation is 1. The predicted molar refractivity (Wildman–Crippen MR) is 91.5 cm³/mol. The Bertz CT molecular complexity index is 869. The number of aliphatic hydroxyl groups is 1. The molecule has 3 rings (SSSR count). The van der Waals surface area contributed by atoms with Crippen LogP contribution in [0.2, 0.25) is 5.02 Å². The second-order valence-electron chi connectivity index (χ2n) is 5.51. The Morgan fingerprint density at radius 1 is 1.00 bits per heavy atom. The zero-order chi connectivity index (χ0) is 15.9. The van der Waals surface area contributed by atoms with Crippen LogP contribution in [0.25, 0.3) is 21.9 Å². The molecule has 0 fully saturated rings. The molecule has 0 saturated carbocycles. The summed E-state index contributed by atoms with van der Waals surface area (Å²) in [4.78, 5) is 0. The number of benzene rings is 3. The van der Waals surface area contributed by atoms with Gasteiger partial charge < -0.3 is 10.2 Å². The highest BCUT2D eigenvalue weighted by atomic mass is 35.5. The fourth-order valence-electron chi connectivity index (χ4n) is 3.00. The molecule has 0 saturated heterocycles. The highest BCUT2D eigenvalue weighted by Gasteiger charge is 2.18. The summed E-state index contributed by atoms with van der Waals surface area (Å²) in [5, 5.41) is 22.9. The van der Waals surface area contributed by atoms with Crippen LogP contribution in [-0.4, -0.2) is 10.2 Å². The van der Waals surface area contributed by atoms with E-state index in [1.54, 1.807) is 6.07 Å². The van der Waals surface area contributed by atoms with Gasteiger partial charge >= 0.3 is 0 Å². The number of phenols is 1. The van der Waals surface area contributed by atoms with Gasteiger partial charge in [0.05, 0.1) is 6.61 Å². The molecule has 2 N–H and O–H groups in total. The Labute approximate surface area is 134 Å². The highest BCUT2D eigenvalue weighted by molar-refractivity contribution is 6.32. The lowest BCUT2D eigenvalue weighted by Crippen LogP contribution is -1.96. The van der Waals surface area contributed by atoms with E-state index in [0.717, 1.165) is 33.0 Å². The molecule has 112 valence electrons. The maximum absolute atomic E-state index is 10.5. The highest BCUT2D eigenvalue weighted by Crippen LogP contribution is 2.42. The summed E-state index contributed by atoms with van der Waals surface area (Å²) in [7, 11) is 0. The van der Waals surface area contributed by atoms with Crippen LogP contribution >= 0.6 is 11.6 Å². The zero-order valence-electron chi connectivity index (χ0n) is 12.5. The molecule has 0 radical (unpaired) electrons. The maximum atomic E-state index is 10.5. The van der Waals surface area contributed by atoms with Crippen molar-refractivity contribution in [3.8, 4) is 16.9 Å². The average Bonchev–Trinajstić information content (AvgIpc) is 2.53. The molecule has 3 heteroatoms. The third kappa shape index (κ3) is 2.25. The van der Waals surface area contributed by atoms with Gasteiger partial charge in [0.25, 0.3) is 0 Å². The van der Waals surface area contributed by atoms with Crippen molar-refractivity contribution >= 4 is 22.4 Å². The SMILES string of the molecule is Cc1cc(O)c(-c2c(CO)ccc3ccccc23)c(C)c1Cl. The van der Waals surface area contributed by atoms with Crippen molar-refractivity contribution < 1.29 is 10.2 Å². The Kier molecular flexibility index (Phi) is 3.81. The molecular formula is C19H17ClO2. The van der Waals surface area contributed by atoms with Gasteiger partial charge in [-0.1, -0.05) is 48.0 Å². The first-order chi connectivity index (χ1) is 10.5. The van der Waals surface area contributed by atoms with Crippen LogP contribution in [0, 0.1) is 13.8 Å². The van der Waals surface area contributed by atoms with Gasteiger partial charge in [-0.05, 0) is 52.9 Å². The number of phenolic OH excluding ortho intramolecular Hbond substituents is 1. The summed E-state index contributed by atoms with van der Waals surface area (Å²) < 4.78 is 0. The van der Waals surface area contributed by atoms with E-state index in [1.807, 2.05) is 50.2 Å². The van der Waals surface area contributed by atoms with Crippen LogP contribution in [0.5, 0.6) is 5.75 Å². The number of hydrogen-bond acceptors (Lipinski definition) is 2. The fourth-order valence-corrected chi connectivity index (χ4v) is 3.15. The summed E-state index contributed by atoms with van der Waals surface area (Å²) in [6, 6.07) is 13.5. The van der Waals surface area contributed by atoms with E-state index in [9.17, 15) is 10.2 Å². The second kappa shape index (κ2) is 5.64. The number of hydrogen-bond donors (Lipinski definition) is 2. The van der Waals surface area contributed by atoms with Crippen molar-refractivity contribution in [3.05, 3.63) is 64.2 Å². The normalized spacial score (nSPS) is 11.1. The van der Waals surface area contributed by atoms with Crippen molar-refractivity contribution in [2.24, 2.45) is 0 Å². The van der Waals surface area contributed by atoms with Gasteiger partial charge in [-0.15, -0.1) is 0 Å². The molecule has 0 bridgehead atoms. The molecule has 3 aromatic rings. The Morgan fingerprint density at radius 3 is 2.45 bits per heavy atom. The first kappa shape index (κ1) is 14.9. The lowest BCUT2D eigenvalue weighted by Gasteiger charge is -2.17. The Morgan fingerprint density at radius 2 is 1.73 bits per heavy atom. The molecule has 0 spiro atoms. The third-order valence-electron chi connectivity index (χ3n) is 4.10. The topological polar surface area (TPSA) is 40.5 Å². The molecule has 0 heterocycles. The number of rotatable bonds is 2. The van der Waals surface area contributed by atoms with Gasteiger partial charge in [0.2, 0.25) is 0 Å². The third-order valence-corrected chi connectivity index (χ3v) is 4.68. The second-order valence-corrected chi connectivity index (χ2v) is 5.88. The molecule has 3 aromatic carbocycles. The fraction of sp³-hybridized carbons (Fsp3) is 0.158. The van der Waals surface area contributed by atoms with Crippen LogP contribution in [0.1, 0.15) is 16.7 Å². The van der Waals surface area contributed by atoms with E-state index in [4.69, 9.17) is 11.6 Å². The molecule has 0 amide bonds. The monoisotopic (exact) mass is 312 g/mol. The molecule has 0 atom stereocenters. The lowest BCUT2D eigenvalue weighted by molar-refractivity contribution is 0.282. The van der Waals surface area contributed by atoms with Crippen molar-refractivity contribution in [2.75, 3.05) is 0 Å². The lowest BCUT2D eigenvalue weighted by atomic mass is 9.89. The van der Waals surface area contributed by atoms with Crippen molar-refractivity contribution in [1.29, 1.82) is 0 Å². The van der Waals surface area contributed by atoms with Crippen LogP contribution in [0.15, 0.2) is 42.5 Å². The number of aliphatic hydroxyl groups excluding tert-OH is 1. The molecule has 22 heavy (non-hydrogen) atoms. The largest absolute Gasteiger partial charge is 0.507 e. The minimum atomic E-state index is -0.0927. The van der Waals surface area contributed by atoms with Crippen molar-refractivity contribution in [3.63, 3.8) is 0 Å². The molecular weight excluding hydrogens is 296 g/mol. The molecule has 0 aliphatic heterocycles. The maximum Gasteiger partial charge on any atom is 0.124 e. The Hall–Kier alpha value is -2.03. The molecule has 0 aliphatic carbocycles. The summed E-state index contributed by atoms with van der Waals surface area (Å²) in [5.41, 5.74) is 3.97. The first-order valence-electron chi connectivity index (χ1n) is 7.15. The summed E-state index contributed by atoms with van der Waals surface area (Å²) in [6.07, 6.45) is 0. The van der Waals surface area contributed by atoms with Gasteiger partial charge in [0.1, 0.15) is 5.75 Å². The van der Waals surface area contributed by atoms with E-state index in [2.05, 4.69) is 0 Å². The zero-order valence-corrected chi connectivity index (χ0v) is 13.3. The summed E-state index contributed by atoms with van der Waals surface area (Å²) in [5.74, 6) is 0.186. The standard InChI is InChI=1S/C19H17ClO2/c1-11-9-16(22)17(12(2)19(11)20)18-14(10-21)8-7-13-5-3-4-6-15(13)18/h3-9,21-22H,10H2,1-2H3. The van der Waals surface area contributed by atoms with E-state index in [0.29, 0.717) is 10.6 Å². The van der Waals surface area contributed by atoms with E-state index in [-0.39, 0.29) is 12.4 Å². The quantitative estimate of drug-likeness (QED) is 0.701. The number of fused-ring (bicyclic) bond motifs is 1. The van der Waals surface area contributed by atoms with E-state index in [1.165, 1.54) is 0 Å². The first-order valence-corrected chi connectivity index (χ1v) is 7.53.